The summed E-state index contributed by atoms with van der Waals surface area (Å²) in [4.78, 5) is 52.7. The third-order valence-electron chi connectivity index (χ3n) is 5.67. The van der Waals surface area contributed by atoms with Crippen LogP contribution in [0.5, 0.6) is 0 Å². The summed E-state index contributed by atoms with van der Waals surface area (Å²) in [6, 6.07) is 12.3. The van der Waals surface area contributed by atoms with Crippen LogP contribution in [-0.4, -0.2) is 46.4 Å². The van der Waals surface area contributed by atoms with E-state index in [1.165, 1.54) is 23.5 Å². The van der Waals surface area contributed by atoms with Crippen LogP contribution in [0.25, 0.3) is 10.9 Å². The number of rotatable bonds is 10. The highest BCUT2D eigenvalue weighted by molar-refractivity contribution is 7.12. The Morgan fingerprint density at radius 2 is 1.71 bits per heavy atom. The van der Waals surface area contributed by atoms with Gasteiger partial charge in [0, 0.05) is 30.4 Å². The van der Waals surface area contributed by atoms with Gasteiger partial charge in [-0.2, -0.15) is 0 Å². The molecule has 0 unspecified atom stereocenters. The van der Waals surface area contributed by atoms with Gasteiger partial charge in [0.05, 0.1) is 20.5 Å². The third-order valence-corrected chi connectivity index (χ3v) is 7.13. The molecule has 0 saturated carbocycles. The molecule has 0 bridgehead atoms. The Balaban J connectivity index is 1.36. The first-order valence-electron chi connectivity index (χ1n) is 11.4. The maximum absolute atomic E-state index is 12.8. The summed E-state index contributed by atoms with van der Waals surface area (Å²) in [5.41, 5.74) is 1.77. The number of hydrogen-bond acceptors (Lipinski definition) is 5. The summed E-state index contributed by atoms with van der Waals surface area (Å²) >= 11 is 13.9. The molecule has 9 nitrogen and oxygen atoms in total. The predicted molar refractivity (Wildman–Crippen MR) is 146 cm³/mol. The van der Waals surface area contributed by atoms with Crippen molar-refractivity contribution < 1.29 is 24.3 Å². The normalized spacial score (nSPS) is 11.6. The van der Waals surface area contributed by atoms with Crippen molar-refractivity contribution in [3.63, 3.8) is 0 Å². The smallest absolute Gasteiger partial charge is 0.326 e. The topological polar surface area (TPSA) is 140 Å². The van der Waals surface area contributed by atoms with Crippen molar-refractivity contribution in [2.24, 2.45) is 0 Å². The number of hydrogen-bond donors (Lipinski definition) is 5. The number of carbonyl (C=O) groups is 4. The summed E-state index contributed by atoms with van der Waals surface area (Å²) in [6.07, 6.45) is 1.74. The van der Waals surface area contributed by atoms with Crippen LogP contribution in [0.15, 0.2) is 60.1 Å². The number of thiophene rings is 1. The number of nitrogens with one attached hydrogen (secondary N) is 4. The van der Waals surface area contributed by atoms with Gasteiger partial charge in [-0.1, -0.05) is 35.3 Å². The van der Waals surface area contributed by atoms with Crippen LogP contribution in [0.2, 0.25) is 10.0 Å². The maximum atomic E-state index is 12.8. The van der Waals surface area contributed by atoms with Gasteiger partial charge in [0.2, 0.25) is 0 Å². The van der Waals surface area contributed by atoms with Gasteiger partial charge >= 0.3 is 5.97 Å². The van der Waals surface area contributed by atoms with E-state index >= 15 is 0 Å². The number of amides is 3. The Kier molecular flexibility index (Phi) is 8.67. The standard InChI is InChI=1S/C26H22Cl2N4O5S/c27-17-10-14(13-31-23(33)16-4-3-15-5-7-29-20(15)12-16)11-18(28)22(17)25(35)32-19(26(36)37)6-8-30-24(34)21-2-1-9-38-21/h1-5,7,9-12,19,29H,6,8,13H2,(H,30,34)(H,31,33)(H,32,35)(H,36,37)/t19-/m0/s1. The predicted octanol–water partition coefficient (Wildman–Crippen LogP) is 4.47. The lowest BCUT2D eigenvalue weighted by atomic mass is 10.1. The molecule has 0 aliphatic heterocycles. The van der Waals surface area contributed by atoms with E-state index in [-0.39, 0.29) is 46.9 Å². The molecule has 0 aliphatic rings. The third kappa shape index (κ3) is 6.52. The molecule has 0 fully saturated rings. The molecule has 2 aromatic carbocycles. The van der Waals surface area contributed by atoms with E-state index in [4.69, 9.17) is 23.2 Å². The highest BCUT2D eigenvalue weighted by Gasteiger charge is 2.24. The molecule has 1 atom stereocenters. The lowest BCUT2D eigenvalue weighted by molar-refractivity contribution is -0.139. The molecular weight excluding hydrogens is 551 g/mol. The first-order chi connectivity index (χ1) is 18.2. The fraction of sp³-hybridized carbons (Fsp3) is 0.154. The molecular formula is C26H22Cl2N4O5S. The summed E-state index contributed by atoms with van der Waals surface area (Å²) in [6.45, 7) is 0.134. The molecule has 3 amide bonds. The van der Waals surface area contributed by atoms with Crippen molar-refractivity contribution in [2.45, 2.75) is 19.0 Å². The number of benzene rings is 2. The molecule has 2 aromatic heterocycles. The Hall–Kier alpha value is -3.86. The zero-order valence-corrected chi connectivity index (χ0v) is 22.0. The van der Waals surface area contributed by atoms with Crippen LogP contribution in [0, 0.1) is 0 Å². The molecule has 4 aromatic rings. The average molecular weight is 573 g/mol. The van der Waals surface area contributed by atoms with Gasteiger partial charge in [-0.05, 0) is 59.1 Å². The van der Waals surface area contributed by atoms with Crippen LogP contribution in [-0.2, 0) is 11.3 Å². The van der Waals surface area contributed by atoms with Crippen LogP contribution in [0.3, 0.4) is 0 Å². The minimum absolute atomic E-state index is 0.00203. The van der Waals surface area contributed by atoms with Gasteiger partial charge in [-0.25, -0.2) is 4.79 Å². The quantitative estimate of drug-likeness (QED) is 0.191. The second kappa shape index (κ2) is 12.1. The van der Waals surface area contributed by atoms with Gasteiger partial charge in [-0.15, -0.1) is 11.3 Å². The molecule has 196 valence electrons. The SMILES string of the molecule is O=C(NCc1cc(Cl)c(C(=O)N[C@@H](CCNC(=O)c2cccs2)C(=O)O)c(Cl)c1)c1ccc2cc[nH]c2c1. The average Bonchev–Trinajstić information content (AvgIpc) is 3.58. The fourth-order valence-electron chi connectivity index (χ4n) is 3.73. The first kappa shape index (κ1) is 27.2. The Bertz CT molecular complexity index is 1480. The molecule has 2 heterocycles. The van der Waals surface area contributed by atoms with E-state index in [0.29, 0.717) is 16.0 Å². The number of fused-ring (bicyclic) bond motifs is 1. The Morgan fingerprint density at radius 3 is 2.39 bits per heavy atom. The molecule has 5 N–H and O–H groups in total. The van der Waals surface area contributed by atoms with Gasteiger partial charge < -0.3 is 26.0 Å². The highest BCUT2D eigenvalue weighted by Crippen LogP contribution is 2.27. The van der Waals surface area contributed by atoms with Crippen molar-refractivity contribution in [2.75, 3.05) is 6.54 Å². The van der Waals surface area contributed by atoms with Crippen LogP contribution >= 0.6 is 34.5 Å². The van der Waals surface area contributed by atoms with E-state index in [1.807, 2.05) is 12.1 Å². The molecule has 0 radical (unpaired) electrons. The summed E-state index contributed by atoms with van der Waals surface area (Å²) in [5, 5.41) is 20.1. The zero-order valence-electron chi connectivity index (χ0n) is 19.7. The minimum atomic E-state index is -1.28. The maximum Gasteiger partial charge on any atom is 0.326 e. The van der Waals surface area contributed by atoms with Gasteiger partial charge in [0.1, 0.15) is 6.04 Å². The van der Waals surface area contributed by atoms with Crippen LogP contribution in [0.4, 0.5) is 0 Å². The van der Waals surface area contributed by atoms with Gasteiger partial charge in [-0.3, -0.25) is 14.4 Å². The number of carbonyl (C=O) groups excluding carboxylic acids is 3. The molecule has 4 rings (SSSR count). The Labute approximate surface area is 231 Å². The summed E-state index contributed by atoms with van der Waals surface area (Å²) in [7, 11) is 0. The van der Waals surface area contributed by atoms with Crippen molar-refractivity contribution in [3.05, 3.63) is 91.7 Å². The fourth-order valence-corrected chi connectivity index (χ4v) is 5.07. The second-order valence-electron chi connectivity index (χ2n) is 8.28. The lowest BCUT2D eigenvalue weighted by Gasteiger charge is -2.17. The van der Waals surface area contributed by atoms with Gasteiger partial charge in [0.25, 0.3) is 17.7 Å². The summed E-state index contributed by atoms with van der Waals surface area (Å²) in [5.74, 6) is -2.67. The number of aromatic nitrogens is 1. The van der Waals surface area contributed by atoms with Crippen molar-refractivity contribution in [3.8, 4) is 0 Å². The summed E-state index contributed by atoms with van der Waals surface area (Å²) < 4.78 is 0. The second-order valence-corrected chi connectivity index (χ2v) is 10.0. The zero-order chi connectivity index (χ0) is 27.2. The van der Waals surface area contributed by atoms with Crippen molar-refractivity contribution >= 4 is 69.1 Å². The molecule has 0 saturated heterocycles. The lowest BCUT2D eigenvalue weighted by Crippen LogP contribution is -2.43. The van der Waals surface area contributed by atoms with E-state index in [2.05, 4.69) is 20.9 Å². The minimum Gasteiger partial charge on any atom is -0.480 e. The van der Waals surface area contributed by atoms with Crippen molar-refractivity contribution in [1.29, 1.82) is 0 Å². The highest BCUT2D eigenvalue weighted by atomic mass is 35.5. The number of halogens is 2. The van der Waals surface area contributed by atoms with Crippen LogP contribution < -0.4 is 16.0 Å². The number of carboxylic acids is 1. The number of H-pyrrole nitrogens is 1. The van der Waals surface area contributed by atoms with E-state index in [1.54, 1.807) is 35.8 Å². The largest absolute Gasteiger partial charge is 0.480 e. The van der Waals surface area contributed by atoms with E-state index < -0.39 is 17.9 Å². The molecule has 0 spiro atoms. The molecule has 12 heteroatoms. The van der Waals surface area contributed by atoms with E-state index in [0.717, 1.165) is 10.9 Å². The molecule has 0 aliphatic carbocycles. The Morgan fingerprint density at radius 1 is 0.947 bits per heavy atom. The van der Waals surface area contributed by atoms with Crippen molar-refractivity contribution in [1.82, 2.24) is 20.9 Å². The number of carboxylic acid groups (broad SMARTS) is 1. The van der Waals surface area contributed by atoms with Crippen LogP contribution in [0.1, 0.15) is 42.4 Å². The van der Waals surface area contributed by atoms with Gasteiger partial charge in [0.15, 0.2) is 0 Å². The first-order valence-corrected chi connectivity index (χ1v) is 13.0. The van der Waals surface area contributed by atoms with E-state index in [9.17, 15) is 24.3 Å². The molecule has 38 heavy (non-hydrogen) atoms. The monoisotopic (exact) mass is 572 g/mol. The number of aliphatic carboxylic acids is 1. The number of aromatic amines is 1.